The summed E-state index contributed by atoms with van der Waals surface area (Å²) in [5, 5.41) is 6.43. The van der Waals surface area contributed by atoms with E-state index < -0.39 is 0 Å². The van der Waals surface area contributed by atoms with Crippen molar-refractivity contribution in [1.29, 1.82) is 0 Å². The summed E-state index contributed by atoms with van der Waals surface area (Å²) >= 11 is 5.14. The molecule has 1 N–H and O–H groups in total. The van der Waals surface area contributed by atoms with Gasteiger partial charge in [0.25, 0.3) is 0 Å². The summed E-state index contributed by atoms with van der Waals surface area (Å²) in [6.45, 7) is 1.78. The first-order valence-corrected chi connectivity index (χ1v) is 8.66. The molecule has 0 atom stereocenters. The number of aryl methyl sites for hydroxylation is 1. The van der Waals surface area contributed by atoms with Crippen LogP contribution in [0.25, 0.3) is 0 Å². The number of ether oxygens (including phenoxy) is 1. The van der Waals surface area contributed by atoms with Crippen molar-refractivity contribution in [2.24, 2.45) is 0 Å². The van der Waals surface area contributed by atoms with Gasteiger partial charge >= 0.3 is 0 Å². The third kappa shape index (κ3) is 5.06. The Kier molecular flexibility index (Phi) is 6.33. The van der Waals surface area contributed by atoms with Gasteiger partial charge in [0.05, 0.1) is 7.11 Å². The summed E-state index contributed by atoms with van der Waals surface area (Å²) < 4.78 is 11.2. The average Bonchev–Trinajstić information content (AvgIpc) is 2.89. The Morgan fingerprint density at radius 2 is 2.27 bits per heavy atom. The Morgan fingerprint density at radius 1 is 1.45 bits per heavy atom. The van der Waals surface area contributed by atoms with E-state index in [0.29, 0.717) is 18.0 Å². The normalized spacial score (nSPS) is 10.5. The maximum absolute atomic E-state index is 11.8. The van der Waals surface area contributed by atoms with Crippen molar-refractivity contribution in [3.63, 3.8) is 0 Å². The van der Waals surface area contributed by atoms with Gasteiger partial charge in [-0.2, -0.15) is 11.8 Å². The standard InChI is InChI=1S/C15H17BrN2O3S/c1-10-7-14(18-21-10)17-15(19)5-6-22-9-11-8-12(16)3-4-13(11)20-2/h3-4,7-8H,5-6,9H2,1-2H3,(H,17,18,19). The molecule has 0 spiro atoms. The highest BCUT2D eigenvalue weighted by Crippen LogP contribution is 2.27. The van der Waals surface area contributed by atoms with Crippen LogP contribution in [0.1, 0.15) is 17.7 Å². The first kappa shape index (κ1) is 16.9. The second-order valence-corrected chi connectivity index (χ2v) is 6.65. The predicted octanol–water partition coefficient (Wildman–Crippen LogP) is 4.02. The van der Waals surface area contributed by atoms with Crippen LogP contribution >= 0.6 is 27.7 Å². The molecule has 0 bridgehead atoms. The number of hydrogen-bond acceptors (Lipinski definition) is 5. The fraction of sp³-hybridized carbons (Fsp3) is 0.333. The molecule has 2 aromatic rings. The minimum atomic E-state index is -0.0676. The van der Waals surface area contributed by atoms with Crippen LogP contribution in [0.3, 0.4) is 0 Å². The van der Waals surface area contributed by atoms with E-state index in [2.05, 4.69) is 26.4 Å². The third-order valence-electron chi connectivity index (χ3n) is 2.87. The summed E-state index contributed by atoms with van der Waals surface area (Å²) in [5.41, 5.74) is 1.11. The van der Waals surface area contributed by atoms with E-state index in [1.54, 1.807) is 31.9 Å². The molecule has 0 saturated heterocycles. The highest BCUT2D eigenvalue weighted by atomic mass is 79.9. The van der Waals surface area contributed by atoms with Crippen molar-refractivity contribution in [1.82, 2.24) is 5.16 Å². The summed E-state index contributed by atoms with van der Waals surface area (Å²) in [6, 6.07) is 7.60. The van der Waals surface area contributed by atoms with Gasteiger partial charge in [-0.25, -0.2) is 0 Å². The van der Waals surface area contributed by atoms with Crippen molar-refractivity contribution in [2.45, 2.75) is 19.1 Å². The second-order valence-electron chi connectivity index (χ2n) is 4.63. The largest absolute Gasteiger partial charge is 0.496 e. The quantitative estimate of drug-likeness (QED) is 0.730. The van der Waals surface area contributed by atoms with Crippen LogP contribution in [0.4, 0.5) is 5.82 Å². The van der Waals surface area contributed by atoms with Crippen molar-refractivity contribution in [3.8, 4) is 5.75 Å². The number of methoxy groups -OCH3 is 1. The summed E-state index contributed by atoms with van der Waals surface area (Å²) in [5.74, 6) is 3.44. The zero-order chi connectivity index (χ0) is 15.9. The Bertz CT molecular complexity index is 645. The lowest BCUT2D eigenvalue weighted by Crippen LogP contribution is -2.12. The van der Waals surface area contributed by atoms with Gasteiger partial charge in [-0.05, 0) is 25.1 Å². The van der Waals surface area contributed by atoms with Crippen molar-refractivity contribution < 1.29 is 14.1 Å². The molecule has 1 aromatic carbocycles. The molecule has 0 radical (unpaired) electrons. The Morgan fingerprint density at radius 3 is 2.95 bits per heavy atom. The lowest BCUT2D eigenvalue weighted by atomic mass is 10.2. The van der Waals surface area contributed by atoms with Crippen molar-refractivity contribution in [3.05, 3.63) is 40.1 Å². The van der Waals surface area contributed by atoms with Crippen LogP contribution in [-0.2, 0) is 10.5 Å². The van der Waals surface area contributed by atoms with Gasteiger partial charge in [0.2, 0.25) is 5.91 Å². The molecule has 1 amide bonds. The number of hydrogen-bond donors (Lipinski definition) is 1. The molecule has 118 valence electrons. The number of carbonyl (C=O) groups excluding carboxylic acids is 1. The number of aromatic nitrogens is 1. The monoisotopic (exact) mass is 384 g/mol. The van der Waals surface area contributed by atoms with Crippen molar-refractivity contribution in [2.75, 3.05) is 18.2 Å². The second kappa shape index (κ2) is 8.24. The molecule has 0 aliphatic heterocycles. The van der Waals surface area contributed by atoms with Gasteiger partial charge in [0.15, 0.2) is 5.82 Å². The summed E-state index contributed by atoms with van der Waals surface area (Å²) in [7, 11) is 1.66. The third-order valence-corrected chi connectivity index (χ3v) is 4.37. The first-order valence-electron chi connectivity index (χ1n) is 6.72. The van der Waals surface area contributed by atoms with Crippen LogP contribution in [0.15, 0.2) is 33.3 Å². The minimum Gasteiger partial charge on any atom is -0.496 e. The van der Waals surface area contributed by atoms with Gasteiger partial charge in [0, 0.05) is 34.0 Å². The number of thioether (sulfide) groups is 1. The highest BCUT2D eigenvalue weighted by molar-refractivity contribution is 9.10. The topological polar surface area (TPSA) is 64.4 Å². The van der Waals surface area contributed by atoms with E-state index in [1.165, 1.54) is 0 Å². The van der Waals surface area contributed by atoms with Crippen LogP contribution in [-0.4, -0.2) is 23.9 Å². The number of carbonyl (C=O) groups is 1. The number of anilines is 1. The fourth-order valence-corrected chi connectivity index (χ4v) is 3.17. The molecule has 22 heavy (non-hydrogen) atoms. The number of benzene rings is 1. The number of rotatable bonds is 7. The SMILES string of the molecule is COc1ccc(Br)cc1CSCCC(=O)Nc1cc(C)on1. The lowest BCUT2D eigenvalue weighted by molar-refractivity contribution is -0.115. The molecule has 0 fully saturated rings. The van der Waals surface area contributed by atoms with E-state index in [9.17, 15) is 4.79 Å². The van der Waals surface area contributed by atoms with Gasteiger partial charge in [-0.15, -0.1) is 0 Å². The van der Waals surface area contributed by atoms with Crippen LogP contribution in [0.2, 0.25) is 0 Å². The Hall–Kier alpha value is -1.47. The van der Waals surface area contributed by atoms with E-state index in [1.807, 2.05) is 18.2 Å². The molecule has 7 heteroatoms. The lowest BCUT2D eigenvalue weighted by Gasteiger charge is -2.08. The van der Waals surface area contributed by atoms with E-state index >= 15 is 0 Å². The van der Waals surface area contributed by atoms with Gasteiger partial charge in [-0.3, -0.25) is 4.79 Å². The number of nitrogens with zero attached hydrogens (tertiary/aromatic N) is 1. The molecule has 0 aliphatic carbocycles. The van der Waals surface area contributed by atoms with Crippen LogP contribution < -0.4 is 10.1 Å². The van der Waals surface area contributed by atoms with Gasteiger partial charge in [0.1, 0.15) is 11.5 Å². The fourth-order valence-electron chi connectivity index (χ4n) is 1.84. The van der Waals surface area contributed by atoms with Gasteiger partial charge < -0.3 is 14.6 Å². The minimum absolute atomic E-state index is 0.0676. The molecular formula is C15H17BrN2O3S. The summed E-state index contributed by atoms with van der Waals surface area (Å²) in [4.78, 5) is 11.8. The Labute approximate surface area is 141 Å². The zero-order valence-corrected chi connectivity index (χ0v) is 14.8. The smallest absolute Gasteiger partial charge is 0.226 e. The number of halogens is 1. The molecule has 0 saturated carbocycles. The van der Waals surface area contributed by atoms with E-state index in [-0.39, 0.29) is 5.91 Å². The highest BCUT2D eigenvalue weighted by Gasteiger charge is 2.07. The number of amides is 1. The number of nitrogens with one attached hydrogen (secondary N) is 1. The van der Waals surface area contributed by atoms with E-state index in [4.69, 9.17) is 9.26 Å². The molecule has 5 nitrogen and oxygen atoms in total. The molecule has 1 heterocycles. The van der Waals surface area contributed by atoms with Crippen LogP contribution in [0.5, 0.6) is 5.75 Å². The molecule has 0 unspecified atom stereocenters. The van der Waals surface area contributed by atoms with Crippen molar-refractivity contribution >= 4 is 39.4 Å². The van der Waals surface area contributed by atoms with Crippen LogP contribution in [0, 0.1) is 6.92 Å². The molecule has 1 aromatic heterocycles. The van der Waals surface area contributed by atoms with Gasteiger partial charge in [-0.1, -0.05) is 21.1 Å². The summed E-state index contributed by atoms with van der Waals surface area (Å²) in [6.07, 6.45) is 0.424. The predicted molar refractivity (Wildman–Crippen MR) is 91.3 cm³/mol. The molecular weight excluding hydrogens is 368 g/mol. The average molecular weight is 385 g/mol. The van der Waals surface area contributed by atoms with E-state index in [0.717, 1.165) is 27.3 Å². The first-order chi connectivity index (χ1) is 10.6. The maximum Gasteiger partial charge on any atom is 0.226 e. The maximum atomic E-state index is 11.8. The molecule has 0 aliphatic rings. The molecule has 2 rings (SSSR count). The Balaban J connectivity index is 1.75. The zero-order valence-electron chi connectivity index (χ0n) is 12.4.